The molecular weight excluding hydrogens is 327 g/mol. The molecule has 126 valence electrons. The third-order valence-corrected chi connectivity index (χ3v) is 3.83. The number of benzene rings is 2. The Morgan fingerprint density at radius 3 is 2.44 bits per heavy atom. The quantitative estimate of drug-likeness (QED) is 0.643. The summed E-state index contributed by atoms with van der Waals surface area (Å²) in [5.41, 5.74) is 3.10. The Hall–Kier alpha value is -1.62. The molecule has 0 saturated carbocycles. The van der Waals surface area contributed by atoms with Crippen LogP contribution in [0.15, 0.2) is 42.5 Å². The van der Waals surface area contributed by atoms with Crippen LogP contribution in [0.5, 0.6) is 5.75 Å². The average Bonchev–Trinajstić information content (AvgIpc) is 2.53. The molecule has 0 aromatic heterocycles. The van der Waals surface area contributed by atoms with Gasteiger partial charge in [-0.1, -0.05) is 38.1 Å². The number of ketones is 1. The zero-order valence-electron chi connectivity index (χ0n) is 15.2. The summed E-state index contributed by atoms with van der Waals surface area (Å²) in [5.74, 6) is -0.261. The molecule has 2 aromatic rings. The summed E-state index contributed by atoms with van der Waals surface area (Å²) in [4.78, 5) is 22.9. The summed E-state index contributed by atoms with van der Waals surface area (Å²) in [5, 5.41) is 10.8. The number of hydrogen-bond acceptors (Lipinski definition) is 4. The van der Waals surface area contributed by atoms with E-state index in [4.69, 9.17) is 4.74 Å². The molecule has 0 amide bonds. The van der Waals surface area contributed by atoms with E-state index in [1.807, 2.05) is 25.1 Å². The van der Waals surface area contributed by atoms with Gasteiger partial charge in [0.1, 0.15) is 12.4 Å². The van der Waals surface area contributed by atoms with Crippen LogP contribution in [0.1, 0.15) is 46.8 Å². The molecule has 0 unspecified atom stereocenters. The van der Waals surface area contributed by atoms with Gasteiger partial charge in [0, 0.05) is 6.42 Å². The number of aromatic carboxylic acids is 1. The Kier molecular flexibility index (Phi) is 8.36. The van der Waals surface area contributed by atoms with E-state index in [1.54, 1.807) is 12.1 Å². The van der Waals surface area contributed by atoms with E-state index in [-0.39, 0.29) is 53.9 Å². The van der Waals surface area contributed by atoms with E-state index in [0.717, 1.165) is 5.56 Å². The first kappa shape index (κ1) is 21.4. The second-order valence-corrected chi connectivity index (χ2v) is 6.17. The maximum Gasteiger partial charge on any atom is 1.00 e. The molecule has 0 radical (unpaired) electrons. The van der Waals surface area contributed by atoms with Crippen molar-refractivity contribution >= 4 is 11.8 Å². The average molecular weight is 348 g/mol. The first-order valence-electron chi connectivity index (χ1n) is 7.92. The van der Waals surface area contributed by atoms with Crippen molar-refractivity contribution in [3.8, 4) is 5.75 Å². The SMILES string of the molecule is Cc1cc(OCC(=O)Cc2cccc(C(=O)[O-])c2)ccc1C(C)C.[Na+]. The van der Waals surface area contributed by atoms with E-state index in [1.165, 1.54) is 17.7 Å². The van der Waals surface area contributed by atoms with Gasteiger partial charge in [-0.2, -0.15) is 0 Å². The number of Topliss-reactive ketones (excluding diaryl/α,β-unsaturated/α-hetero) is 1. The van der Waals surface area contributed by atoms with Crippen LogP contribution in [0.25, 0.3) is 0 Å². The summed E-state index contributed by atoms with van der Waals surface area (Å²) in [6, 6.07) is 12.0. The van der Waals surface area contributed by atoms with Crippen molar-refractivity contribution in [2.24, 2.45) is 0 Å². The van der Waals surface area contributed by atoms with E-state index in [0.29, 0.717) is 17.2 Å². The van der Waals surface area contributed by atoms with Gasteiger partial charge in [-0.15, -0.1) is 0 Å². The topological polar surface area (TPSA) is 66.4 Å². The number of carboxylic acid groups (broad SMARTS) is 1. The Balaban J connectivity index is 0.00000312. The van der Waals surface area contributed by atoms with Crippen molar-refractivity contribution in [3.63, 3.8) is 0 Å². The van der Waals surface area contributed by atoms with Crippen LogP contribution in [0, 0.1) is 6.92 Å². The maximum absolute atomic E-state index is 12.0. The van der Waals surface area contributed by atoms with E-state index in [9.17, 15) is 14.7 Å². The Morgan fingerprint density at radius 2 is 1.84 bits per heavy atom. The van der Waals surface area contributed by atoms with Gasteiger partial charge in [-0.05, 0) is 53.3 Å². The van der Waals surface area contributed by atoms with Crippen LogP contribution < -0.4 is 39.4 Å². The zero-order valence-corrected chi connectivity index (χ0v) is 17.2. The third kappa shape index (κ3) is 6.31. The van der Waals surface area contributed by atoms with E-state index < -0.39 is 5.97 Å². The van der Waals surface area contributed by atoms with Crippen LogP contribution in [0.3, 0.4) is 0 Å². The molecule has 0 heterocycles. The van der Waals surface area contributed by atoms with Crippen molar-refractivity contribution in [2.45, 2.75) is 33.1 Å². The fraction of sp³-hybridized carbons (Fsp3) is 0.300. The van der Waals surface area contributed by atoms with Crippen LogP contribution in [-0.2, 0) is 11.2 Å². The van der Waals surface area contributed by atoms with Crippen LogP contribution in [-0.4, -0.2) is 18.4 Å². The molecule has 0 fully saturated rings. The summed E-state index contributed by atoms with van der Waals surface area (Å²) in [7, 11) is 0. The van der Waals surface area contributed by atoms with E-state index >= 15 is 0 Å². The van der Waals surface area contributed by atoms with Gasteiger partial charge in [0.15, 0.2) is 5.78 Å². The fourth-order valence-electron chi connectivity index (χ4n) is 2.64. The molecule has 0 bridgehead atoms. The zero-order chi connectivity index (χ0) is 17.7. The monoisotopic (exact) mass is 348 g/mol. The van der Waals surface area contributed by atoms with Gasteiger partial charge in [0.05, 0.1) is 5.97 Å². The van der Waals surface area contributed by atoms with Gasteiger partial charge in [0.25, 0.3) is 0 Å². The number of rotatable bonds is 7. The fourth-order valence-corrected chi connectivity index (χ4v) is 2.64. The first-order chi connectivity index (χ1) is 11.4. The smallest absolute Gasteiger partial charge is 0.545 e. The van der Waals surface area contributed by atoms with Crippen molar-refractivity contribution in [1.82, 2.24) is 0 Å². The Morgan fingerprint density at radius 1 is 1.12 bits per heavy atom. The molecule has 0 atom stereocenters. The van der Waals surface area contributed by atoms with Gasteiger partial charge in [-0.25, -0.2) is 0 Å². The van der Waals surface area contributed by atoms with Crippen LogP contribution in [0.2, 0.25) is 0 Å². The molecule has 0 aliphatic heterocycles. The first-order valence-corrected chi connectivity index (χ1v) is 7.92. The summed E-state index contributed by atoms with van der Waals surface area (Å²) < 4.78 is 5.56. The van der Waals surface area contributed by atoms with Crippen LogP contribution in [0.4, 0.5) is 0 Å². The summed E-state index contributed by atoms with van der Waals surface area (Å²) >= 11 is 0. The Labute approximate surface area is 170 Å². The number of carbonyl (C=O) groups excluding carboxylic acids is 2. The molecular formula is C20H21NaO4. The third-order valence-electron chi connectivity index (χ3n) is 3.83. The minimum atomic E-state index is -1.25. The molecule has 0 saturated heterocycles. The molecule has 25 heavy (non-hydrogen) atoms. The molecule has 5 heteroatoms. The van der Waals surface area contributed by atoms with E-state index in [2.05, 4.69) is 13.8 Å². The molecule has 2 rings (SSSR count). The number of aryl methyl sites for hydroxylation is 1. The number of carbonyl (C=O) groups is 2. The molecule has 0 N–H and O–H groups in total. The minimum Gasteiger partial charge on any atom is -0.545 e. The number of ether oxygens (including phenoxy) is 1. The maximum atomic E-state index is 12.0. The summed E-state index contributed by atoms with van der Waals surface area (Å²) in [6.45, 7) is 6.24. The minimum absolute atomic E-state index is 0. The Bertz CT molecular complexity index is 753. The number of carboxylic acids is 1. The summed E-state index contributed by atoms with van der Waals surface area (Å²) in [6.07, 6.45) is 0.129. The standard InChI is InChI=1S/C20H22O4.Na/c1-13(2)19-8-7-18(9-14(19)3)24-12-17(21)11-15-5-4-6-16(10-15)20(22)23;/h4-10,13H,11-12H2,1-3H3,(H,22,23);/q;+1/p-1. The molecule has 0 aliphatic rings. The largest absolute Gasteiger partial charge is 1.00 e. The van der Waals surface area contributed by atoms with Crippen molar-refractivity contribution in [3.05, 3.63) is 64.7 Å². The van der Waals surface area contributed by atoms with Gasteiger partial charge < -0.3 is 14.6 Å². The van der Waals surface area contributed by atoms with Crippen molar-refractivity contribution in [1.29, 1.82) is 0 Å². The van der Waals surface area contributed by atoms with Gasteiger partial charge in [-0.3, -0.25) is 4.79 Å². The van der Waals surface area contributed by atoms with Crippen molar-refractivity contribution in [2.75, 3.05) is 6.61 Å². The second kappa shape index (κ2) is 9.76. The molecule has 0 spiro atoms. The number of hydrogen-bond donors (Lipinski definition) is 0. The molecule has 2 aromatic carbocycles. The van der Waals surface area contributed by atoms with Crippen LogP contribution >= 0.6 is 0 Å². The molecule has 0 aliphatic carbocycles. The normalized spacial score (nSPS) is 10.2. The molecule has 4 nitrogen and oxygen atoms in total. The second-order valence-electron chi connectivity index (χ2n) is 6.17. The van der Waals surface area contributed by atoms with Gasteiger partial charge >= 0.3 is 29.6 Å². The predicted molar refractivity (Wildman–Crippen MR) is 90.2 cm³/mol. The van der Waals surface area contributed by atoms with Crippen molar-refractivity contribution < 1.29 is 49.0 Å². The predicted octanol–water partition coefficient (Wildman–Crippen LogP) is -0.323. The van der Waals surface area contributed by atoms with Gasteiger partial charge in [0.2, 0.25) is 0 Å².